The molecule has 0 saturated carbocycles. The van der Waals surface area contributed by atoms with E-state index in [1.54, 1.807) is 23.6 Å². The van der Waals surface area contributed by atoms with Crippen molar-refractivity contribution in [1.82, 2.24) is 4.98 Å². The second kappa shape index (κ2) is 8.29. The average Bonchev–Trinajstić information content (AvgIpc) is 3.31. The van der Waals surface area contributed by atoms with E-state index in [1.165, 1.54) is 30.0 Å². The molecular weight excluding hydrogens is 473 g/mol. The van der Waals surface area contributed by atoms with E-state index in [1.807, 2.05) is 18.2 Å². The smallest absolute Gasteiger partial charge is 0.363 e. The first kappa shape index (κ1) is 20.1. The van der Waals surface area contributed by atoms with Gasteiger partial charge in [-0.05, 0) is 46.3 Å². The minimum Gasteiger partial charge on any atom is -0.402 e. The predicted octanol–water partition coefficient (Wildman–Crippen LogP) is 5.07. The summed E-state index contributed by atoms with van der Waals surface area (Å²) in [5.41, 5.74) is 1.24. The molecule has 30 heavy (non-hydrogen) atoms. The highest BCUT2D eigenvalue weighted by atomic mass is 79.9. The van der Waals surface area contributed by atoms with Gasteiger partial charge in [0.2, 0.25) is 11.8 Å². The van der Waals surface area contributed by atoms with Crippen LogP contribution in [0.1, 0.15) is 18.2 Å². The maximum atomic E-state index is 14.2. The summed E-state index contributed by atoms with van der Waals surface area (Å²) in [6.45, 7) is 1.33. The molecule has 0 bridgehead atoms. The molecule has 1 aliphatic rings. The lowest BCUT2D eigenvalue weighted by atomic mass is 10.2. The number of aliphatic imine (C=N–C) groups is 1. The van der Waals surface area contributed by atoms with Crippen molar-refractivity contribution in [3.63, 3.8) is 0 Å². The molecular formula is C21H13BrFN3O3S. The van der Waals surface area contributed by atoms with Crippen LogP contribution in [0, 0.1) is 5.82 Å². The molecule has 9 heteroatoms. The summed E-state index contributed by atoms with van der Waals surface area (Å²) in [5.74, 6) is -1.34. The number of carbonyl (C=O) groups excluding carboxylic acids is 2. The highest BCUT2D eigenvalue weighted by molar-refractivity contribution is 9.10. The van der Waals surface area contributed by atoms with Gasteiger partial charge in [-0.15, -0.1) is 11.3 Å². The number of halogens is 2. The largest absolute Gasteiger partial charge is 0.402 e. The van der Waals surface area contributed by atoms with Gasteiger partial charge in [-0.3, -0.25) is 9.69 Å². The van der Waals surface area contributed by atoms with E-state index >= 15 is 0 Å². The summed E-state index contributed by atoms with van der Waals surface area (Å²) >= 11 is 4.55. The fraction of sp³-hybridized carbons (Fsp3) is 0.0476. The first-order valence-corrected chi connectivity index (χ1v) is 10.4. The Morgan fingerprint density at radius 2 is 1.93 bits per heavy atom. The highest BCUT2D eigenvalue weighted by Crippen LogP contribution is 2.32. The van der Waals surface area contributed by atoms with Gasteiger partial charge in [-0.25, -0.2) is 19.2 Å². The number of nitrogens with zero attached hydrogens (tertiary/aromatic N) is 3. The SMILES string of the molecule is CC(=O)N(c1nc(/C=C2/N=C(c3ccccc3Br)OC2=O)cs1)c1ccccc1F. The van der Waals surface area contributed by atoms with Crippen LogP contribution in [0.2, 0.25) is 0 Å². The standard InChI is InChI=1S/C21H13BrFN3O3S/c1-12(27)26(18-9-5-4-8-16(18)23)21-24-13(11-30-21)10-17-20(28)29-19(25-17)14-6-2-3-7-15(14)22/h2-11H,1H3/b17-10+. The molecule has 0 spiro atoms. The fourth-order valence-electron chi connectivity index (χ4n) is 2.78. The molecule has 6 nitrogen and oxygen atoms in total. The molecule has 1 aromatic heterocycles. The summed E-state index contributed by atoms with van der Waals surface area (Å²) in [4.78, 5) is 34.2. The average molecular weight is 486 g/mol. The molecule has 0 aliphatic carbocycles. The molecule has 1 aliphatic heterocycles. The predicted molar refractivity (Wildman–Crippen MR) is 116 cm³/mol. The zero-order valence-electron chi connectivity index (χ0n) is 15.5. The summed E-state index contributed by atoms with van der Waals surface area (Å²) in [7, 11) is 0. The second-order valence-corrected chi connectivity index (χ2v) is 7.87. The van der Waals surface area contributed by atoms with Crippen LogP contribution in [-0.4, -0.2) is 22.8 Å². The van der Waals surface area contributed by atoms with Gasteiger partial charge in [0.15, 0.2) is 10.8 Å². The third kappa shape index (κ3) is 3.94. The number of hydrogen-bond donors (Lipinski definition) is 0. The van der Waals surface area contributed by atoms with Crippen LogP contribution in [0.15, 0.2) is 69.1 Å². The van der Waals surface area contributed by atoms with Crippen molar-refractivity contribution >= 4 is 61.9 Å². The second-order valence-electron chi connectivity index (χ2n) is 6.18. The van der Waals surface area contributed by atoms with Crippen molar-refractivity contribution in [2.75, 3.05) is 4.90 Å². The van der Waals surface area contributed by atoms with Crippen LogP contribution >= 0.6 is 27.3 Å². The van der Waals surface area contributed by atoms with Gasteiger partial charge in [0, 0.05) is 16.8 Å². The fourth-order valence-corrected chi connectivity index (χ4v) is 4.08. The maximum absolute atomic E-state index is 14.2. The minimum absolute atomic E-state index is 0.0814. The Kier molecular flexibility index (Phi) is 5.56. The lowest BCUT2D eigenvalue weighted by Crippen LogP contribution is -2.23. The van der Waals surface area contributed by atoms with Crippen LogP contribution in [0.25, 0.3) is 6.08 Å². The summed E-state index contributed by atoms with van der Waals surface area (Å²) in [5, 5.41) is 1.93. The van der Waals surface area contributed by atoms with Gasteiger partial charge in [0.25, 0.3) is 0 Å². The van der Waals surface area contributed by atoms with Crippen molar-refractivity contribution in [2.24, 2.45) is 4.99 Å². The topological polar surface area (TPSA) is 71.9 Å². The first-order valence-electron chi connectivity index (χ1n) is 8.72. The summed E-state index contributed by atoms with van der Waals surface area (Å²) in [6.07, 6.45) is 1.46. The van der Waals surface area contributed by atoms with Crippen LogP contribution < -0.4 is 4.90 Å². The van der Waals surface area contributed by atoms with E-state index in [2.05, 4.69) is 25.9 Å². The number of rotatable bonds is 4. The number of aromatic nitrogens is 1. The van der Waals surface area contributed by atoms with Gasteiger partial charge < -0.3 is 4.74 Å². The first-order chi connectivity index (χ1) is 14.4. The maximum Gasteiger partial charge on any atom is 0.363 e. The van der Waals surface area contributed by atoms with Gasteiger partial charge in [0.05, 0.1) is 16.9 Å². The number of para-hydroxylation sites is 1. The van der Waals surface area contributed by atoms with Gasteiger partial charge >= 0.3 is 5.97 Å². The lowest BCUT2D eigenvalue weighted by molar-refractivity contribution is -0.130. The van der Waals surface area contributed by atoms with Gasteiger partial charge in [-0.2, -0.15) is 0 Å². The van der Waals surface area contributed by atoms with Crippen LogP contribution in [0.4, 0.5) is 15.2 Å². The number of carbonyl (C=O) groups is 2. The number of esters is 1. The number of benzene rings is 2. The van der Waals surface area contributed by atoms with Crippen LogP contribution in [-0.2, 0) is 14.3 Å². The Morgan fingerprint density at radius 3 is 2.67 bits per heavy atom. The van der Waals surface area contributed by atoms with Crippen molar-refractivity contribution in [1.29, 1.82) is 0 Å². The Balaban J connectivity index is 1.66. The molecule has 0 unspecified atom stereocenters. The van der Waals surface area contributed by atoms with E-state index in [0.717, 1.165) is 15.8 Å². The normalized spacial score (nSPS) is 14.6. The molecule has 2 aromatic carbocycles. The molecule has 150 valence electrons. The number of anilines is 2. The third-order valence-corrected chi connectivity index (χ3v) is 5.65. The van der Waals surface area contributed by atoms with Crippen molar-refractivity contribution in [3.05, 3.63) is 81.2 Å². The zero-order chi connectivity index (χ0) is 21.3. The molecule has 0 saturated heterocycles. The third-order valence-electron chi connectivity index (χ3n) is 4.12. The van der Waals surface area contributed by atoms with E-state index in [0.29, 0.717) is 11.3 Å². The minimum atomic E-state index is -0.604. The number of hydrogen-bond acceptors (Lipinski definition) is 6. The molecule has 4 rings (SSSR count). The summed E-state index contributed by atoms with van der Waals surface area (Å²) < 4.78 is 20.2. The van der Waals surface area contributed by atoms with Crippen molar-refractivity contribution in [2.45, 2.75) is 6.92 Å². The van der Waals surface area contributed by atoms with E-state index in [4.69, 9.17) is 4.74 Å². The molecule has 0 atom stereocenters. The zero-order valence-corrected chi connectivity index (χ0v) is 17.9. The van der Waals surface area contributed by atoms with Gasteiger partial charge in [-0.1, -0.05) is 24.3 Å². The number of cyclic esters (lactones) is 1. The molecule has 0 fully saturated rings. The molecule has 3 aromatic rings. The van der Waals surface area contributed by atoms with Crippen LogP contribution in [0.3, 0.4) is 0 Å². The highest BCUT2D eigenvalue weighted by Gasteiger charge is 2.26. The quantitative estimate of drug-likeness (QED) is 0.381. The Hall–Kier alpha value is -3.17. The number of thiazole rings is 1. The lowest BCUT2D eigenvalue weighted by Gasteiger charge is -2.18. The van der Waals surface area contributed by atoms with E-state index in [9.17, 15) is 14.0 Å². The van der Waals surface area contributed by atoms with Crippen LogP contribution in [0.5, 0.6) is 0 Å². The van der Waals surface area contributed by atoms with Crippen molar-refractivity contribution in [3.8, 4) is 0 Å². The molecule has 2 heterocycles. The Labute approximate surface area is 183 Å². The van der Waals surface area contributed by atoms with Crippen molar-refractivity contribution < 1.29 is 18.7 Å². The van der Waals surface area contributed by atoms with E-state index in [-0.39, 0.29) is 28.3 Å². The number of amides is 1. The molecule has 0 N–H and O–H groups in total. The Bertz CT molecular complexity index is 1220. The number of ether oxygens (including phenoxy) is 1. The van der Waals surface area contributed by atoms with E-state index < -0.39 is 11.8 Å². The Morgan fingerprint density at radius 1 is 1.20 bits per heavy atom. The summed E-state index contributed by atoms with van der Waals surface area (Å²) in [6, 6.07) is 13.2. The molecule has 1 amide bonds. The monoisotopic (exact) mass is 485 g/mol. The van der Waals surface area contributed by atoms with Gasteiger partial charge in [0.1, 0.15) is 5.82 Å². The molecule has 0 radical (unpaired) electrons.